The summed E-state index contributed by atoms with van der Waals surface area (Å²) in [5.41, 5.74) is 7.94. The Kier molecular flexibility index (Phi) is 5.41. The first-order valence-corrected chi connectivity index (χ1v) is 10.6. The molecule has 0 aliphatic carbocycles. The average molecular weight is 390 g/mol. The number of fused-ring (bicyclic) bond motifs is 2. The van der Waals surface area contributed by atoms with E-state index in [1.165, 1.54) is 27.7 Å². The highest BCUT2D eigenvalue weighted by molar-refractivity contribution is 5.81. The van der Waals surface area contributed by atoms with E-state index in [-0.39, 0.29) is 0 Å². The molecule has 1 aromatic carbocycles. The summed E-state index contributed by atoms with van der Waals surface area (Å²) in [5.74, 6) is 1.75. The monoisotopic (exact) mass is 389 g/mol. The van der Waals surface area contributed by atoms with Gasteiger partial charge in [-0.3, -0.25) is 0 Å². The van der Waals surface area contributed by atoms with Crippen LogP contribution in [0.15, 0.2) is 30.3 Å². The van der Waals surface area contributed by atoms with Crippen LogP contribution in [0.3, 0.4) is 0 Å². The standard InChI is InChI=1S/C24H31N5/c1-6-22-28-23-16(4)9-17(5)26-24(23)29(22)14-18-7-8-21-19(10-18)11-20(27-21)13-25-12-15(2)3/h7-11,15,25,27H,6,12-14H2,1-5H3. The van der Waals surface area contributed by atoms with Crippen LogP contribution in [0.5, 0.6) is 0 Å². The van der Waals surface area contributed by atoms with Crippen molar-refractivity contribution in [2.75, 3.05) is 6.54 Å². The zero-order chi connectivity index (χ0) is 20.5. The second-order valence-electron chi connectivity index (χ2n) is 8.46. The van der Waals surface area contributed by atoms with Gasteiger partial charge in [0.15, 0.2) is 5.65 Å². The van der Waals surface area contributed by atoms with Crippen LogP contribution in [-0.4, -0.2) is 26.1 Å². The van der Waals surface area contributed by atoms with E-state index in [9.17, 15) is 0 Å². The maximum atomic E-state index is 4.87. The second kappa shape index (κ2) is 7.99. The number of hydrogen-bond donors (Lipinski definition) is 2. The van der Waals surface area contributed by atoms with Gasteiger partial charge in [0.1, 0.15) is 11.3 Å². The Morgan fingerprint density at radius 3 is 2.69 bits per heavy atom. The van der Waals surface area contributed by atoms with E-state index in [0.29, 0.717) is 5.92 Å². The van der Waals surface area contributed by atoms with Gasteiger partial charge in [0, 0.05) is 35.3 Å². The molecule has 0 bridgehead atoms. The molecule has 0 atom stereocenters. The highest BCUT2D eigenvalue weighted by atomic mass is 15.1. The highest BCUT2D eigenvalue weighted by Gasteiger charge is 2.14. The fourth-order valence-electron chi connectivity index (χ4n) is 4.00. The fraction of sp³-hybridized carbons (Fsp3) is 0.417. The Bertz CT molecular complexity index is 1150. The molecule has 152 valence electrons. The number of benzene rings is 1. The molecular formula is C24H31N5. The summed E-state index contributed by atoms with van der Waals surface area (Å²) in [6.45, 7) is 13.5. The molecule has 4 rings (SSSR count). The molecule has 0 radical (unpaired) electrons. The van der Waals surface area contributed by atoms with Crippen molar-refractivity contribution in [3.63, 3.8) is 0 Å². The van der Waals surface area contributed by atoms with Crippen LogP contribution in [0.25, 0.3) is 22.1 Å². The van der Waals surface area contributed by atoms with Gasteiger partial charge in [0.25, 0.3) is 0 Å². The fourth-order valence-corrected chi connectivity index (χ4v) is 4.00. The third-order valence-electron chi connectivity index (χ3n) is 5.37. The largest absolute Gasteiger partial charge is 0.357 e. The van der Waals surface area contributed by atoms with E-state index in [1.807, 2.05) is 0 Å². The molecule has 5 heteroatoms. The molecule has 3 heterocycles. The molecule has 4 aromatic rings. The first-order chi connectivity index (χ1) is 13.9. The van der Waals surface area contributed by atoms with Crippen molar-refractivity contribution in [3.05, 3.63) is 58.7 Å². The minimum Gasteiger partial charge on any atom is -0.357 e. The van der Waals surface area contributed by atoms with Crippen molar-refractivity contribution >= 4 is 22.1 Å². The smallest absolute Gasteiger partial charge is 0.160 e. The second-order valence-corrected chi connectivity index (χ2v) is 8.46. The van der Waals surface area contributed by atoms with Crippen LogP contribution in [0.2, 0.25) is 0 Å². The van der Waals surface area contributed by atoms with Gasteiger partial charge in [-0.2, -0.15) is 0 Å². The Hall–Kier alpha value is -2.66. The molecule has 29 heavy (non-hydrogen) atoms. The quantitative estimate of drug-likeness (QED) is 0.473. The van der Waals surface area contributed by atoms with Gasteiger partial charge in [0.05, 0.1) is 6.54 Å². The summed E-state index contributed by atoms with van der Waals surface area (Å²) in [6.07, 6.45) is 0.896. The number of pyridine rings is 1. The van der Waals surface area contributed by atoms with Crippen molar-refractivity contribution in [1.29, 1.82) is 0 Å². The Balaban J connectivity index is 1.64. The number of rotatable bonds is 7. The Morgan fingerprint density at radius 2 is 1.93 bits per heavy atom. The number of nitrogens with one attached hydrogen (secondary N) is 2. The average Bonchev–Trinajstić information content (AvgIpc) is 3.22. The summed E-state index contributed by atoms with van der Waals surface area (Å²) in [6, 6.07) is 11.0. The molecule has 3 aromatic heterocycles. The number of imidazole rings is 1. The molecule has 0 unspecified atom stereocenters. The van der Waals surface area contributed by atoms with Crippen molar-refractivity contribution in [2.45, 2.75) is 54.1 Å². The van der Waals surface area contributed by atoms with Gasteiger partial charge in [-0.1, -0.05) is 26.8 Å². The summed E-state index contributed by atoms with van der Waals surface area (Å²) in [5, 5.41) is 4.76. The van der Waals surface area contributed by atoms with E-state index in [4.69, 9.17) is 9.97 Å². The van der Waals surface area contributed by atoms with E-state index in [1.54, 1.807) is 0 Å². The van der Waals surface area contributed by atoms with Gasteiger partial charge in [0.2, 0.25) is 0 Å². The molecule has 0 amide bonds. The minimum atomic E-state index is 0.657. The molecule has 0 aliphatic rings. The van der Waals surface area contributed by atoms with Crippen LogP contribution in [0, 0.1) is 19.8 Å². The maximum Gasteiger partial charge on any atom is 0.160 e. The van der Waals surface area contributed by atoms with Crippen LogP contribution < -0.4 is 5.32 Å². The maximum absolute atomic E-state index is 4.87. The Morgan fingerprint density at radius 1 is 1.10 bits per heavy atom. The molecule has 5 nitrogen and oxygen atoms in total. The first-order valence-electron chi connectivity index (χ1n) is 10.6. The minimum absolute atomic E-state index is 0.657. The van der Waals surface area contributed by atoms with Gasteiger partial charge in [-0.25, -0.2) is 9.97 Å². The lowest BCUT2D eigenvalue weighted by Crippen LogP contribution is -2.18. The lowest BCUT2D eigenvalue weighted by atomic mass is 10.1. The number of hydrogen-bond acceptors (Lipinski definition) is 3. The predicted molar refractivity (Wildman–Crippen MR) is 120 cm³/mol. The molecule has 0 saturated carbocycles. The number of H-pyrrole nitrogens is 1. The van der Waals surface area contributed by atoms with Crippen LogP contribution in [0.4, 0.5) is 0 Å². The molecule has 2 N–H and O–H groups in total. The normalized spacial score (nSPS) is 11.9. The number of aryl methyl sites for hydroxylation is 3. The van der Waals surface area contributed by atoms with Crippen molar-refractivity contribution in [3.8, 4) is 0 Å². The topological polar surface area (TPSA) is 58.5 Å². The molecule has 0 fully saturated rings. The van der Waals surface area contributed by atoms with Crippen LogP contribution in [0.1, 0.15) is 49.1 Å². The van der Waals surface area contributed by atoms with E-state index in [0.717, 1.165) is 48.7 Å². The van der Waals surface area contributed by atoms with E-state index < -0.39 is 0 Å². The number of aromatic nitrogens is 4. The van der Waals surface area contributed by atoms with Gasteiger partial charge < -0.3 is 14.9 Å². The Labute approximate surface area is 172 Å². The molecule has 0 saturated heterocycles. The zero-order valence-electron chi connectivity index (χ0n) is 18.1. The van der Waals surface area contributed by atoms with Crippen LogP contribution >= 0.6 is 0 Å². The van der Waals surface area contributed by atoms with E-state index in [2.05, 4.69) is 79.8 Å². The molecule has 0 spiro atoms. The van der Waals surface area contributed by atoms with Crippen LogP contribution in [-0.2, 0) is 19.5 Å². The summed E-state index contributed by atoms with van der Waals surface area (Å²) in [4.78, 5) is 13.2. The molecular weight excluding hydrogens is 358 g/mol. The third kappa shape index (κ3) is 4.06. The lowest BCUT2D eigenvalue weighted by Gasteiger charge is -2.09. The molecule has 0 aliphatic heterocycles. The van der Waals surface area contributed by atoms with Crippen molar-refractivity contribution < 1.29 is 0 Å². The number of aromatic amines is 1. The lowest BCUT2D eigenvalue weighted by molar-refractivity contribution is 0.549. The SMILES string of the molecule is CCc1nc2c(C)cc(C)nc2n1Cc1ccc2[nH]c(CNCC(C)C)cc2c1. The number of nitrogens with zero attached hydrogens (tertiary/aromatic N) is 3. The summed E-state index contributed by atoms with van der Waals surface area (Å²) >= 11 is 0. The van der Waals surface area contributed by atoms with Crippen molar-refractivity contribution in [2.24, 2.45) is 5.92 Å². The van der Waals surface area contributed by atoms with Gasteiger partial charge >= 0.3 is 0 Å². The highest BCUT2D eigenvalue weighted by Crippen LogP contribution is 2.23. The van der Waals surface area contributed by atoms with Crippen molar-refractivity contribution in [1.82, 2.24) is 24.8 Å². The van der Waals surface area contributed by atoms with E-state index >= 15 is 0 Å². The summed E-state index contributed by atoms with van der Waals surface area (Å²) < 4.78 is 2.27. The zero-order valence-corrected chi connectivity index (χ0v) is 18.1. The predicted octanol–water partition coefficient (Wildman–Crippen LogP) is 4.89. The van der Waals surface area contributed by atoms with Gasteiger partial charge in [-0.05, 0) is 61.7 Å². The van der Waals surface area contributed by atoms with Gasteiger partial charge in [-0.15, -0.1) is 0 Å². The third-order valence-corrected chi connectivity index (χ3v) is 5.37. The summed E-state index contributed by atoms with van der Waals surface area (Å²) in [7, 11) is 0. The first kappa shape index (κ1) is 19.6.